The molecule has 8 atom stereocenters. The van der Waals surface area contributed by atoms with E-state index in [-0.39, 0.29) is 35.7 Å². The molecule has 1 aliphatic heterocycles. The summed E-state index contributed by atoms with van der Waals surface area (Å²) in [5.41, 5.74) is 0. The highest BCUT2D eigenvalue weighted by molar-refractivity contribution is 5.90. The standard InChI is InChI=1S/C19H28O4/c1-9(2)11-5-4-10(3)8-14(11)22-19-17-15-12(6-7-13(15)20)16(17)18(21)23-19/h9-12,14-17,19H,4-8H2,1-3H3/t10-,11+,12-,14-,15-,16+,17-,19-/m1/s1. The largest absolute Gasteiger partial charge is 0.435 e. The molecule has 4 nitrogen and oxygen atoms in total. The van der Waals surface area contributed by atoms with Gasteiger partial charge in [-0.1, -0.05) is 27.2 Å². The molecule has 0 radical (unpaired) electrons. The van der Waals surface area contributed by atoms with Gasteiger partial charge < -0.3 is 9.47 Å². The van der Waals surface area contributed by atoms with Gasteiger partial charge in [-0.2, -0.15) is 0 Å². The second-order valence-corrected chi connectivity index (χ2v) is 8.60. The third kappa shape index (κ3) is 2.36. The van der Waals surface area contributed by atoms with Gasteiger partial charge in [0.1, 0.15) is 5.78 Å². The number of ketones is 1. The summed E-state index contributed by atoms with van der Waals surface area (Å²) in [6, 6.07) is 0. The lowest BCUT2D eigenvalue weighted by molar-refractivity contribution is -0.206. The van der Waals surface area contributed by atoms with Crippen molar-refractivity contribution in [3.8, 4) is 0 Å². The Morgan fingerprint density at radius 1 is 1.13 bits per heavy atom. The fourth-order valence-corrected chi connectivity index (χ4v) is 5.66. The van der Waals surface area contributed by atoms with Crippen molar-refractivity contribution in [1.29, 1.82) is 0 Å². The number of hydrogen-bond acceptors (Lipinski definition) is 4. The maximum atomic E-state index is 12.2. The SMILES string of the molecule is CC(C)[C@@H]1CC[C@@H](C)C[C@H]1O[C@@H]1OC(=O)[C@H]2[C@@H]3CCC(=O)[C@@H]3[C@@H]12. The van der Waals surface area contributed by atoms with Crippen LogP contribution in [-0.2, 0) is 19.1 Å². The third-order valence-electron chi connectivity index (χ3n) is 6.94. The molecule has 0 spiro atoms. The lowest BCUT2D eigenvalue weighted by Crippen LogP contribution is -2.51. The molecule has 4 aliphatic rings. The number of fused-ring (bicyclic) bond motifs is 4. The summed E-state index contributed by atoms with van der Waals surface area (Å²) >= 11 is 0. The predicted octanol–water partition coefficient (Wildman–Crippen LogP) is 3.19. The van der Waals surface area contributed by atoms with Gasteiger partial charge in [0.15, 0.2) is 0 Å². The zero-order chi connectivity index (χ0) is 16.3. The molecule has 3 aliphatic carbocycles. The van der Waals surface area contributed by atoms with Crippen LogP contribution in [0.15, 0.2) is 0 Å². The molecular weight excluding hydrogens is 292 g/mol. The first-order valence-corrected chi connectivity index (χ1v) is 9.36. The van der Waals surface area contributed by atoms with Gasteiger partial charge in [0.2, 0.25) is 6.29 Å². The second kappa shape index (κ2) is 5.58. The quantitative estimate of drug-likeness (QED) is 0.749. The molecule has 4 fully saturated rings. The van der Waals surface area contributed by atoms with Crippen LogP contribution >= 0.6 is 0 Å². The first-order valence-electron chi connectivity index (χ1n) is 9.36. The van der Waals surface area contributed by atoms with Crippen LogP contribution < -0.4 is 0 Å². The zero-order valence-electron chi connectivity index (χ0n) is 14.4. The molecule has 0 aromatic rings. The van der Waals surface area contributed by atoms with E-state index in [0.717, 1.165) is 12.8 Å². The molecule has 0 N–H and O–H groups in total. The Morgan fingerprint density at radius 3 is 2.65 bits per heavy atom. The van der Waals surface area contributed by atoms with Gasteiger partial charge in [-0.3, -0.25) is 9.59 Å². The number of carbonyl (C=O) groups excluding carboxylic acids is 2. The number of esters is 1. The van der Waals surface area contributed by atoms with Crippen molar-refractivity contribution >= 4 is 11.8 Å². The van der Waals surface area contributed by atoms with E-state index in [4.69, 9.17) is 9.47 Å². The van der Waals surface area contributed by atoms with Crippen LogP contribution in [0.25, 0.3) is 0 Å². The number of Topliss-reactive ketones (excluding diaryl/α,β-unsaturated/α-hetero) is 1. The van der Waals surface area contributed by atoms with Crippen LogP contribution in [0.3, 0.4) is 0 Å². The molecule has 0 aromatic carbocycles. The Balaban J connectivity index is 1.49. The van der Waals surface area contributed by atoms with Crippen LogP contribution in [0.5, 0.6) is 0 Å². The molecule has 0 aromatic heterocycles. The van der Waals surface area contributed by atoms with E-state index in [1.807, 2.05) is 0 Å². The smallest absolute Gasteiger partial charge is 0.312 e. The van der Waals surface area contributed by atoms with Gasteiger partial charge in [0.05, 0.1) is 12.0 Å². The predicted molar refractivity (Wildman–Crippen MR) is 84.3 cm³/mol. The van der Waals surface area contributed by atoms with Gasteiger partial charge in [-0.15, -0.1) is 0 Å². The highest BCUT2D eigenvalue weighted by atomic mass is 16.7. The molecule has 1 saturated heterocycles. The Kier molecular flexibility index (Phi) is 3.79. The van der Waals surface area contributed by atoms with Crippen LogP contribution in [0.4, 0.5) is 0 Å². The summed E-state index contributed by atoms with van der Waals surface area (Å²) in [4.78, 5) is 24.3. The van der Waals surface area contributed by atoms with Crippen molar-refractivity contribution < 1.29 is 19.1 Å². The van der Waals surface area contributed by atoms with E-state index in [2.05, 4.69) is 20.8 Å². The van der Waals surface area contributed by atoms with E-state index >= 15 is 0 Å². The Morgan fingerprint density at radius 2 is 1.91 bits per heavy atom. The maximum absolute atomic E-state index is 12.2. The third-order valence-corrected chi connectivity index (χ3v) is 6.94. The van der Waals surface area contributed by atoms with Gasteiger partial charge in [-0.25, -0.2) is 0 Å². The Bertz CT molecular complexity index is 507. The van der Waals surface area contributed by atoms with Crippen molar-refractivity contribution in [2.45, 2.75) is 65.3 Å². The van der Waals surface area contributed by atoms with Gasteiger partial charge in [0, 0.05) is 18.3 Å². The van der Waals surface area contributed by atoms with Crippen molar-refractivity contribution in [3.63, 3.8) is 0 Å². The van der Waals surface area contributed by atoms with E-state index in [9.17, 15) is 9.59 Å². The highest BCUT2D eigenvalue weighted by Gasteiger charge is 2.67. The van der Waals surface area contributed by atoms with Crippen LogP contribution in [0.2, 0.25) is 0 Å². The minimum absolute atomic E-state index is 0.00690. The van der Waals surface area contributed by atoms with Crippen LogP contribution in [0.1, 0.15) is 52.9 Å². The lowest BCUT2D eigenvalue weighted by Gasteiger charge is -2.44. The van der Waals surface area contributed by atoms with Crippen molar-refractivity contribution in [2.24, 2.45) is 41.4 Å². The number of rotatable bonds is 3. The Labute approximate surface area is 138 Å². The molecule has 0 amide bonds. The summed E-state index contributed by atoms with van der Waals surface area (Å²) in [5, 5.41) is 0. The molecule has 23 heavy (non-hydrogen) atoms. The topological polar surface area (TPSA) is 52.6 Å². The normalized spacial score (nSPS) is 48.9. The summed E-state index contributed by atoms with van der Waals surface area (Å²) in [6.45, 7) is 6.77. The number of ether oxygens (including phenoxy) is 2. The number of hydrogen-bond donors (Lipinski definition) is 0. The van der Waals surface area contributed by atoms with Gasteiger partial charge in [-0.05, 0) is 42.9 Å². The second-order valence-electron chi connectivity index (χ2n) is 8.60. The average molecular weight is 320 g/mol. The van der Waals surface area contributed by atoms with Crippen LogP contribution in [-0.4, -0.2) is 24.1 Å². The summed E-state index contributed by atoms with van der Waals surface area (Å²) in [6.07, 6.45) is 4.65. The summed E-state index contributed by atoms with van der Waals surface area (Å²) in [5.74, 6) is 2.13. The molecular formula is C19H28O4. The minimum atomic E-state index is -0.479. The molecule has 0 bridgehead atoms. The number of carbonyl (C=O) groups is 2. The number of cyclic esters (lactones) is 1. The Hall–Kier alpha value is -0.900. The molecule has 3 saturated carbocycles. The summed E-state index contributed by atoms with van der Waals surface area (Å²) < 4.78 is 11.9. The van der Waals surface area contributed by atoms with Crippen LogP contribution in [0, 0.1) is 41.4 Å². The molecule has 4 heteroatoms. The van der Waals surface area contributed by atoms with E-state index in [0.29, 0.717) is 30.0 Å². The van der Waals surface area contributed by atoms with Crippen molar-refractivity contribution in [1.82, 2.24) is 0 Å². The van der Waals surface area contributed by atoms with Gasteiger partial charge >= 0.3 is 5.97 Å². The fourth-order valence-electron chi connectivity index (χ4n) is 5.66. The monoisotopic (exact) mass is 320 g/mol. The first kappa shape index (κ1) is 15.6. The lowest BCUT2D eigenvalue weighted by atomic mass is 9.58. The average Bonchev–Trinajstić information content (AvgIpc) is 2.87. The molecule has 4 rings (SSSR count). The van der Waals surface area contributed by atoms with Gasteiger partial charge in [0.25, 0.3) is 0 Å². The minimum Gasteiger partial charge on any atom is -0.435 e. The molecule has 0 unspecified atom stereocenters. The van der Waals surface area contributed by atoms with Crippen molar-refractivity contribution in [2.75, 3.05) is 0 Å². The zero-order valence-corrected chi connectivity index (χ0v) is 14.4. The fraction of sp³-hybridized carbons (Fsp3) is 0.895. The van der Waals surface area contributed by atoms with E-state index < -0.39 is 6.29 Å². The molecule has 128 valence electrons. The first-order chi connectivity index (χ1) is 11.0. The van der Waals surface area contributed by atoms with Crippen molar-refractivity contribution in [3.05, 3.63) is 0 Å². The summed E-state index contributed by atoms with van der Waals surface area (Å²) in [7, 11) is 0. The molecule has 1 heterocycles. The van der Waals surface area contributed by atoms with E-state index in [1.165, 1.54) is 12.8 Å². The maximum Gasteiger partial charge on any atom is 0.312 e. The highest BCUT2D eigenvalue weighted by Crippen LogP contribution is 2.59. The van der Waals surface area contributed by atoms with E-state index in [1.54, 1.807) is 0 Å².